The van der Waals surface area contributed by atoms with Gasteiger partial charge in [0.25, 0.3) is 5.91 Å². The molecule has 0 aliphatic heterocycles. The molecule has 0 saturated heterocycles. The van der Waals surface area contributed by atoms with E-state index in [0.717, 1.165) is 16.3 Å². The van der Waals surface area contributed by atoms with Crippen LogP contribution in [-0.4, -0.2) is 22.5 Å². The lowest BCUT2D eigenvalue weighted by Crippen LogP contribution is -2.37. The molecule has 1 heterocycles. The van der Waals surface area contributed by atoms with Crippen LogP contribution in [0.5, 0.6) is 5.75 Å². The molecule has 1 amide bonds. The van der Waals surface area contributed by atoms with E-state index in [-0.39, 0.29) is 6.54 Å². The first-order chi connectivity index (χ1) is 13.1. The van der Waals surface area contributed by atoms with Gasteiger partial charge in [0, 0.05) is 22.9 Å². The molecule has 5 nitrogen and oxygen atoms in total. The van der Waals surface area contributed by atoms with E-state index in [4.69, 9.17) is 10.6 Å². The van der Waals surface area contributed by atoms with Gasteiger partial charge in [0.05, 0.1) is 18.8 Å². The van der Waals surface area contributed by atoms with E-state index in [1.54, 1.807) is 36.5 Å². The highest BCUT2D eigenvalue weighted by Gasteiger charge is 2.15. The summed E-state index contributed by atoms with van der Waals surface area (Å²) >= 11 is 0. The van der Waals surface area contributed by atoms with Crippen LogP contribution in [0.1, 0.15) is 22.8 Å². The highest BCUT2D eigenvalue weighted by molar-refractivity contribution is 5.94. The van der Waals surface area contributed by atoms with Crippen molar-refractivity contribution in [3.8, 4) is 17.0 Å². The predicted octanol–water partition coefficient (Wildman–Crippen LogP) is 3.80. The number of nitrogens with two attached hydrogens (primary N) is 1. The maximum Gasteiger partial charge on any atom is 0.268 e. The molecular formula is C21H20FN3O2. The van der Waals surface area contributed by atoms with E-state index < -0.39 is 11.7 Å². The molecule has 0 aliphatic rings. The normalized spacial score (nSPS) is 10.5. The van der Waals surface area contributed by atoms with Crippen molar-refractivity contribution in [3.63, 3.8) is 0 Å². The second kappa shape index (κ2) is 8.42. The summed E-state index contributed by atoms with van der Waals surface area (Å²) < 4.78 is 19.2. The fraction of sp³-hybridized carbons (Fsp3) is 0.143. The minimum absolute atomic E-state index is 0.0216. The standard InChI is InChI=1S/C21H20FN3O2/c1-2-27-18-9-7-15(8-10-18)20-13-16(11-12-24-20)21(26)25(23)14-17-5-3-4-6-19(17)22/h3-13H,2,14,23H2,1H3. The third-order valence-corrected chi connectivity index (χ3v) is 4.03. The van der Waals surface area contributed by atoms with Gasteiger partial charge in [-0.15, -0.1) is 0 Å². The van der Waals surface area contributed by atoms with Gasteiger partial charge in [-0.05, 0) is 49.4 Å². The zero-order chi connectivity index (χ0) is 19.2. The second-order valence-corrected chi connectivity index (χ2v) is 5.91. The predicted molar refractivity (Wildman–Crippen MR) is 101 cm³/mol. The van der Waals surface area contributed by atoms with Crippen LogP contribution in [0.15, 0.2) is 66.9 Å². The SMILES string of the molecule is CCOc1ccc(-c2cc(C(=O)N(N)Cc3ccccc3F)ccn2)cc1. The number of hydrazine groups is 1. The Bertz CT molecular complexity index is 929. The van der Waals surface area contributed by atoms with Crippen molar-refractivity contribution in [2.45, 2.75) is 13.5 Å². The molecule has 0 fully saturated rings. The van der Waals surface area contributed by atoms with Crippen LogP contribution in [0, 0.1) is 5.82 Å². The zero-order valence-electron chi connectivity index (χ0n) is 14.9. The third-order valence-electron chi connectivity index (χ3n) is 4.03. The van der Waals surface area contributed by atoms with Gasteiger partial charge in [0.1, 0.15) is 11.6 Å². The molecular weight excluding hydrogens is 345 g/mol. The molecule has 6 heteroatoms. The fourth-order valence-corrected chi connectivity index (χ4v) is 2.66. The van der Waals surface area contributed by atoms with E-state index in [9.17, 15) is 9.18 Å². The number of amides is 1. The molecule has 138 valence electrons. The van der Waals surface area contributed by atoms with Crippen molar-refractivity contribution < 1.29 is 13.9 Å². The Morgan fingerprint density at radius 2 is 1.89 bits per heavy atom. The Balaban J connectivity index is 1.78. The van der Waals surface area contributed by atoms with E-state index in [2.05, 4.69) is 4.98 Å². The summed E-state index contributed by atoms with van der Waals surface area (Å²) in [5.41, 5.74) is 2.23. The Morgan fingerprint density at radius 1 is 1.15 bits per heavy atom. The molecule has 2 aromatic carbocycles. The molecule has 1 aromatic heterocycles. The lowest BCUT2D eigenvalue weighted by molar-refractivity contribution is 0.0741. The summed E-state index contributed by atoms with van der Waals surface area (Å²) in [6, 6.07) is 16.9. The maximum absolute atomic E-state index is 13.8. The van der Waals surface area contributed by atoms with Crippen molar-refractivity contribution >= 4 is 5.91 Å². The lowest BCUT2D eigenvalue weighted by atomic mass is 10.1. The fourth-order valence-electron chi connectivity index (χ4n) is 2.66. The van der Waals surface area contributed by atoms with Crippen molar-refractivity contribution in [2.75, 3.05) is 6.61 Å². The minimum Gasteiger partial charge on any atom is -0.494 e. The molecule has 2 N–H and O–H groups in total. The molecule has 0 bridgehead atoms. The summed E-state index contributed by atoms with van der Waals surface area (Å²) in [6.45, 7) is 2.49. The van der Waals surface area contributed by atoms with Gasteiger partial charge < -0.3 is 4.74 Å². The van der Waals surface area contributed by atoms with Crippen molar-refractivity contribution in [1.29, 1.82) is 0 Å². The van der Waals surface area contributed by atoms with Crippen molar-refractivity contribution in [1.82, 2.24) is 9.99 Å². The summed E-state index contributed by atoms with van der Waals surface area (Å²) in [6.07, 6.45) is 1.55. The number of aromatic nitrogens is 1. The van der Waals surface area contributed by atoms with Crippen molar-refractivity contribution in [2.24, 2.45) is 5.84 Å². The molecule has 0 aliphatic carbocycles. The van der Waals surface area contributed by atoms with Gasteiger partial charge in [-0.3, -0.25) is 14.8 Å². The second-order valence-electron chi connectivity index (χ2n) is 5.91. The molecule has 0 spiro atoms. The number of rotatable bonds is 6. The number of carbonyl (C=O) groups excluding carboxylic acids is 1. The first kappa shape index (κ1) is 18.5. The summed E-state index contributed by atoms with van der Waals surface area (Å²) in [5.74, 6) is 5.84. The first-order valence-corrected chi connectivity index (χ1v) is 8.57. The van der Waals surface area contributed by atoms with Gasteiger partial charge in [0.2, 0.25) is 0 Å². The molecule has 0 atom stereocenters. The van der Waals surface area contributed by atoms with Crippen molar-refractivity contribution in [3.05, 3.63) is 83.8 Å². The maximum atomic E-state index is 13.8. The topological polar surface area (TPSA) is 68.5 Å². The molecule has 3 rings (SSSR count). The Morgan fingerprint density at radius 3 is 2.59 bits per heavy atom. The van der Waals surface area contributed by atoms with Gasteiger partial charge in [0.15, 0.2) is 0 Å². The average Bonchev–Trinajstić information content (AvgIpc) is 2.70. The van der Waals surface area contributed by atoms with Gasteiger partial charge >= 0.3 is 0 Å². The number of ether oxygens (including phenoxy) is 1. The Hall–Kier alpha value is -3.25. The third kappa shape index (κ3) is 4.48. The monoisotopic (exact) mass is 365 g/mol. The smallest absolute Gasteiger partial charge is 0.268 e. The van der Waals surface area contributed by atoms with Crippen LogP contribution >= 0.6 is 0 Å². The highest BCUT2D eigenvalue weighted by Crippen LogP contribution is 2.22. The van der Waals surface area contributed by atoms with Gasteiger partial charge in [-0.25, -0.2) is 10.2 Å². The number of carbonyl (C=O) groups is 1. The summed E-state index contributed by atoms with van der Waals surface area (Å²) in [4.78, 5) is 16.9. The number of benzene rings is 2. The number of hydrogen-bond acceptors (Lipinski definition) is 4. The van der Waals surface area contributed by atoms with Crippen LogP contribution in [0.25, 0.3) is 11.3 Å². The van der Waals surface area contributed by atoms with Gasteiger partial charge in [-0.1, -0.05) is 18.2 Å². The molecule has 3 aromatic rings. The average molecular weight is 365 g/mol. The quantitative estimate of drug-likeness (QED) is 0.410. The van der Waals surface area contributed by atoms with Crippen LogP contribution < -0.4 is 10.6 Å². The van der Waals surface area contributed by atoms with Gasteiger partial charge in [-0.2, -0.15) is 0 Å². The largest absolute Gasteiger partial charge is 0.494 e. The molecule has 27 heavy (non-hydrogen) atoms. The van der Waals surface area contributed by atoms with E-state index >= 15 is 0 Å². The first-order valence-electron chi connectivity index (χ1n) is 8.57. The minimum atomic E-state index is -0.409. The van der Waals surface area contributed by atoms with Crippen LogP contribution in [0.4, 0.5) is 4.39 Å². The Labute approximate surface area is 157 Å². The molecule has 0 unspecified atom stereocenters. The molecule has 0 saturated carbocycles. The van der Waals surface area contributed by atoms with Crippen LogP contribution in [-0.2, 0) is 6.54 Å². The van der Waals surface area contributed by atoms with E-state index in [0.29, 0.717) is 23.4 Å². The zero-order valence-corrected chi connectivity index (χ0v) is 14.9. The number of pyridine rings is 1. The number of nitrogens with zero attached hydrogens (tertiary/aromatic N) is 2. The molecule has 0 radical (unpaired) electrons. The number of halogens is 1. The number of hydrogen-bond donors (Lipinski definition) is 1. The lowest BCUT2D eigenvalue weighted by Gasteiger charge is -2.17. The Kier molecular flexibility index (Phi) is 5.78. The summed E-state index contributed by atoms with van der Waals surface area (Å²) in [5, 5.41) is 0.996. The van der Waals surface area contributed by atoms with E-state index in [1.807, 2.05) is 31.2 Å². The van der Waals surface area contributed by atoms with Crippen LogP contribution in [0.2, 0.25) is 0 Å². The summed E-state index contributed by atoms with van der Waals surface area (Å²) in [7, 11) is 0. The van der Waals surface area contributed by atoms with Crippen LogP contribution in [0.3, 0.4) is 0 Å². The highest BCUT2D eigenvalue weighted by atomic mass is 19.1. The van der Waals surface area contributed by atoms with E-state index in [1.165, 1.54) is 6.07 Å².